The molecule has 3 rings (SSSR count). The van der Waals surface area contributed by atoms with E-state index in [9.17, 15) is 17.2 Å². The van der Waals surface area contributed by atoms with Gasteiger partial charge in [-0.15, -0.1) is 0 Å². The van der Waals surface area contributed by atoms with Crippen molar-refractivity contribution < 1.29 is 17.2 Å². The molecule has 0 saturated carbocycles. The number of aromatic nitrogens is 3. The number of hydrogen-bond acceptors (Lipinski definition) is 4. The predicted molar refractivity (Wildman–Crippen MR) is 86.8 cm³/mol. The van der Waals surface area contributed by atoms with Crippen molar-refractivity contribution in [3.05, 3.63) is 66.1 Å². The summed E-state index contributed by atoms with van der Waals surface area (Å²) in [5.41, 5.74) is 2.12. The van der Waals surface area contributed by atoms with E-state index in [1.165, 1.54) is 0 Å². The lowest BCUT2D eigenvalue weighted by atomic mass is 10.2. The third kappa shape index (κ3) is 3.72. The van der Waals surface area contributed by atoms with Crippen LogP contribution in [0.3, 0.4) is 0 Å². The van der Waals surface area contributed by atoms with Crippen LogP contribution in [0.15, 0.2) is 53.7 Å². The van der Waals surface area contributed by atoms with Gasteiger partial charge < -0.3 is 0 Å². The Morgan fingerprint density at radius 1 is 1.12 bits per heavy atom. The Hall–Kier alpha value is -2.65. The lowest BCUT2D eigenvalue weighted by Gasteiger charge is -2.06. The van der Waals surface area contributed by atoms with Gasteiger partial charge in [0.25, 0.3) is 0 Å². The van der Waals surface area contributed by atoms with E-state index in [0.29, 0.717) is 11.8 Å². The molecule has 0 bridgehead atoms. The zero-order valence-corrected chi connectivity index (χ0v) is 14.0. The summed E-state index contributed by atoms with van der Waals surface area (Å²) in [6.45, 7) is -0.127. The molecule has 25 heavy (non-hydrogen) atoms. The monoisotopic (exact) mass is 364 g/mol. The predicted octanol–water partition coefficient (Wildman–Crippen LogP) is 2.24. The Balaban J connectivity index is 1.80. The summed E-state index contributed by atoms with van der Waals surface area (Å²) in [6.07, 6.45) is 3.28. The van der Waals surface area contributed by atoms with Gasteiger partial charge in [0.05, 0.1) is 17.9 Å². The van der Waals surface area contributed by atoms with E-state index in [-0.39, 0.29) is 6.54 Å². The number of rotatable bonds is 5. The Morgan fingerprint density at radius 2 is 1.84 bits per heavy atom. The normalized spacial score (nSPS) is 11.6. The van der Waals surface area contributed by atoms with Crippen molar-refractivity contribution in [3.63, 3.8) is 0 Å². The van der Waals surface area contributed by atoms with Gasteiger partial charge in [-0.1, -0.05) is 0 Å². The van der Waals surface area contributed by atoms with Crippen LogP contribution in [0.4, 0.5) is 8.78 Å². The van der Waals surface area contributed by atoms with E-state index in [4.69, 9.17) is 0 Å². The second-order valence-electron chi connectivity index (χ2n) is 5.28. The fourth-order valence-corrected chi connectivity index (χ4v) is 3.40. The SMILES string of the molecule is Cn1nc(CNS(=O)(=O)c2ccc(F)cc2F)cc1-c1ccncc1. The number of hydrogen-bond donors (Lipinski definition) is 1. The molecule has 0 atom stereocenters. The van der Waals surface area contributed by atoms with Crippen LogP contribution in [0, 0.1) is 11.6 Å². The van der Waals surface area contributed by atoms with Crippen LogP contribution in [0.2, 0.25) is 0 Å². The lowest BCUT2D eigenvalue weighted by molar-refractivity contribution is 0.542. The van der Waals surface area contributed by atoms with Crippen LogP contribution in [0.25, 0.3) is 11.3 Å². The average Bonchev–Trinajstić information content (AvgIpc) is 2.94. The third-order valence-corrected chi connectivity index (χ3v) is 4.97. The fourth-order valence-electron chi connectivity index (χ4n) is 2.35. The van der Waals surface area contributed by atoms with Crippen molar-refractivity contribution in [2.75, 3.05) is 0 Å². The van der Waals surface area contributed by atoms with Gasteiger partial charge in [0.15, 0.2) is 0 Å². The largest absolute Gasteiger partial charge is 0.268 e. The minimum Gasteiger partial charge on any atom is -0.268 e. The first-order valence-electron chi connectivity index (χ1n) is 7.25. The number of benzene rings is 1. The quantitative estimate of drug-likeness (QED) is 0.753. The summed E-state index contributed by atoms with van der Waals surface area (Å²) < 4.78 is 54.8. The topological polar surface area (TPSA) is 76.9 Å². The molecule has 0 radical (unpaired) electrons. The van der Waals surface area contributed by atoms with Crippen LogP contribution < -0.4 is 4.72 Å². The van der Waals surface area contributed by atoms with E-state index >= 15 is 0 Å². The van der Waals surface area contributed by atoms with Gasteiger partial charge in [-0.25, -0.2) is 21.9 Å². The standard InChI is InChI=1S/C16H14F2N4O2S/c1-22-15(11-4-6-19-7-5-11)9-13(21-22)10-20-25(23,24)16-3-2-12(17)8-14(16)18/h2-9,20H,10H2,1H3. The highest BCUT2D eigenvalue weighted by Gasteiger charge is 2.20. The van der Waals surface area contributed by atoms with Gasteiger partial charge in [0.2, 0.25) is 10.0 Å². The number of sulfonamides is 1. The number of nitrogens with zero attached hydrogens (tertiary/aromatic N) is 3. The van der Waals surface area contributed by atoms with Crippen LogP contribution in [-0.2, 0) is 23.6 Å². The summed E-state index contributed by atoms with van der Waals surface area (Å²) in [4.78, 5) is 3.33. The molecule has 9 heteroatoms. The Morgan fingerprint density at radius 3 is 2.52 bits per heavy atom. The van der Waals surface area contributed by atoms with Crippen LogP contribution in [0.1, 0.15) is 5.69 Å². The molecule has 0 spiro atoms. The van der Waals surface area contributed by atoms with Crippen LogP contribution in [-0.4, -0.2) is 23.2 Å². The molecule has 2 aromatic heterocycles. The second kappa shape index (κ2) is 6.69. The summed E-state index contributed by atoms with van der Waals surface area (Å²) in [7, 11) is -2.40. The van der Waals surface area contributed by atoms with Crippen molar-refractivity contribution in [2.24, 2.45) is 7.05 Å². The molecule has 1 N–H and O–H groups in total. The maximum absolute atomic E-state index is 13.7. The van der Waals surface area contributed by atoms with Gasteiger partial charge in [-0.2, -0.15) is 5.10 Å². The molecule has 0 saturated heterocycles. The molecule has 0 aliphatic carbocycles. The molecule has 3 aromatic rings. The minimum absolute atomic E-state index is 0.127. The molecular formula is C16H14F2N4O2S. The molecule has 0 amide bonds. The van der Waals surface area contributed by atoms with Crippen LogP contribution >= 0.6 is 0 Å². The van der Waals surface area contributed by atoms with Gasteiger partial charge in [-0.05, 0) is 30.3 Å². The Kier molecular flexibility index (Phi) is 4.60. The molecule has 0 aliphatic rings. The highest BCUT2D eigenvalue weighted by atomic mass is 32.2. The van der Waals surface area contributed by atoms with Gasteiger partial charge in [-0.3, -0.25) is 9.67 Å². The van der Waals surface area contributed by atoms with Gasteiger partial charge >= 0.3 is 0 Å². The summed E-state index contributed by atoms with van der Waals surface area (Å²) in [6, 6.07) is 7.63. The molecule has 6 nitrogen and oxygen atoms in total. The molecule has 0 fully saturated rings. The minimum atomic E-state index is -4.13. The zero-order valence-electron chi connectivity index (χ0n) is 13.1. The van der Waals surface area contributed by atoms with E-state index in [1.54, 1.807) is 42.3 Å². The van der Waals surface area contributed by atoms with Gasteiger partial charge in [0, 0.05) is 31.1 Å². The fraction of sp³-hybridized carbons (Fsp3) is 0.125. The zero-order chi connectivity index (χ0) is 18.0. The van der Waals surface area contributed by atoms with Crippen LogP contribution in [0.5, 0.6) is 0 Å². The van der Waals surface area contributed by atoms with Gasteiger partial charge in [0.1, 0.15) is 16.5 Å². The number of halogens is 2. The lowest BCUT2D eigenvalue weighted by Crippen LogP contribution is -2.24. The smallest absolute Gasteiger partial charge is 0.243 e. The second-order valence-corrected chi connectivity index (χ2v) is 7.02. The average molecular weight is 364 g/mol. The summed E-state index contributed by atoms with van der Waals surface area (Å²) in [5, 5.41) is 4.24. The van der Waals surface area contributed by atoms with E-state index in [1.807, 2.05) is 0 Å². The van der Waals surface area contributed by atoms with E-state index in [0.717, 1.165) is 23.4 Å². The molecular weight excluding hydrogens is 350 g/mol. The third-order valence-electron chi connectivity index (χ3n) is 3.53. The first-order chi connectivity index (χ1) is 11.9. The molecule has 0 unspecified atom stereocenters. The molecule has 1 aromatic carbocycles. The van der Waals surface area contributed by atoms with E-state index < -0.39 is 26.6 Å². The number of aryl methyl sites for hydroxylation is 1. The first kappa shape index (κ1) is 17.2. The number of nitrogens with one attached hydrogen (secondary N) is 1. The highest BCUT2D eigenvalue weighted by molar-refractivity contribution is 7.89. The maximum Gasteiger partial charge on any atom is 0.243 e. The number of pyridine rings is 1. The molecule has 0 aliphatic heterocycles. The van der Waals surface area contributed by atoms with E-state index in [2.05, 4.69) is 14.8 Å². The van der Waals surface area contributed by atoms with Crippen molar-refractivity contribution in [1.29, 1.82) is 0 Å². The van der Waals surface area contributed by atoms with Crippen molar-refractivity contribution in [2.45, 2.75) is 11.4 Å². The van der Waals surface area contributed by atoms with Crippen molar-refractivity contribution >= 4 is 10.0 Å². The first-order valence-corrected chi connectivity index (χ1v) is 8.73. The molecule has 130 valence electrons. The van der Waals surface area contributed by atoms with Crippen molar-refractivity contribution in [3.8, 4) is 11.3 Å². The maximum atomic E-state index is 13.7. The van der Waals surface area contributed by atoms with Crippen molar-refractivity contribution in [1.82, 2.24) is 19.5 Å². The highest BCUT2D eigenvalue weighted by Crippen LogP contribution is 2.20. The Labute approximate surface area is 143 Å². The summed E-state index contributed by atoms with van der Waals surface area (Å²) in [5.74, 6) is -1.99. The Bertz CT molecular complexity index is 1000. The molecule has 2 heterocycles. The summed E-state index contributed by atoms with van der Waals surface area (Å²) >= 11 is 0.